The second-order valence-electron chi connectivity index (χ2n) is 4.64. The van der Waals surface area contributed by atoms with Crippen LogP contribution < -0.4 is 4.90 Å². The number of hydrogen-bond acceptors (Lipinski definition) is 4. The lowest BCUT2D eigenvalue weighted by Gasteiger charge is -2.21. The van der Waals surface area contributed by atoms with E-state index in [0.717, 1.165) is 50.6 Å². The lowest BCUT2D eigenvalue weighted by Crippen LogP contribution is -2.35. The Kier molecular flexibility index (Phi) is 4.99. The first-order valence-electron chi connectivity index (χ1n) is 6.73. The minimum absolute atomic E-state index is 0.317. The molecule has 0 spiro atoms. The third-order valence-electron chi connectivity index (χ3n) is 3.28. The monoisotopic (exact) mass is 267 g/mol. The van der Waals surface area contributed by atoms with Crippen molar-refractivity contribution in [3.05, 3.63) is 11.6 Å². The molecule has 1 aliphatic rings. The second-order valence-corrected chi connectivity index (χ2v) is 5.51. The highest BCUT2D eigenvalue weighted by Crippen LogP contribution is 2.19. The summed E-state index contributed by atoms with van der Waals surface area (Å²) >= 11 is 1.67. The predicted molar refractivity (Wildman–Crippen MR) is 75.0 cm³/mol. The van der Waals surface area contributed by atoms with Crippen LogP contribution in [0.2, 0.25) is 0 Å². The standard InChI is InChI=1S/C13H21N3OS/c1-2-3-5-12(17)15-7-4-8-16(10-9-15)13-14-6-11-18-13/h6,11H,2-5,7-10H2,1H3. The molecule has 1 aromatic rings. The van der Waals surface area contributed by atoms with Gasteiger partial charge in [-0.25, -0.2) is 4.98 Å². The summed E-state index contributed by atoms with van der Waals surface area (Å²) in [6, 6.07) is 0. The highest BCUT2D eigenvalue weighted by molar-refractivity contribution is 7.13. The Morgan fingerprint density at radius 2 is 2.28 bits per heavy atom. The maximum absolute atomic E-state index is 12.0. The van der Waals surface area contributed by atoms with Gasteiger partial charge in [-0.05, 0) is 12.8 Å². The Hall–Kier alpha value is -1.10. The molecule has 0 atom stereocenters. The molecule has 2 rings (SSSR count). The average Bonchev–Trinajstić information content (AvgIpc) is 2.80. The Bertz CT molecular complexity index is 366. The van der Waals surface area contributed by atoms with Crippen molar-refractivity contribution in [2.75, 3.05) is 31.1 Å². The Balaban J connectivity index is 1.86. The van der Waals surface area contributed by atoms with Crippen LogP contribution in [0.15, 0.2) is 11.6 Å². The molecule has 0 unspecified atom stereocenters. The van der Waals surface area contributed by atoms with E-state index in [4.69, 9.17) is 0 Å². The molecule has 100 valence electrons. The van der Waals surface area contributed by atoms with Gasteiger partial charge in [0.2, 0.25) is 5.91 Å². The Labute approximate surface area is 113 Å². The molecule has 0 bridgehead atoms. The van der Waals surface area contributed by atoms with Crippen LogP contribution in [0.3, 0.4) is 0 Å². The Morgan fingerprint density at radius 3 is 3.00 bits per heavy atom. The maximum Gasteiger partial charge on any atom is 0.222 e. The van der Waals surface area contributed by atoms with Gasteiger partial charge in [-0.1, -0.05) is 13.3 Å². The summed E-state index contributed by atoms with van der Waals surface area (Å²) in [4.78, 5) is 20.6. The quantitative estimate of drug-likeness (QED) is 0.840. The third kappa shape index (κ3) is 3.45. The molecule has 1 saturated heterocycles. The predicted octanol–water partition coefficient (Wildman–Crippen LogP) is 2.37. The first-order valence-corrected chi connectivity index (χ1v) is 7.61. The van der Waals surface area contributed by atoms with E-state index in [0.29, 0.717) is 12.3 Å². The number of unbranched alkanes of at least 4 members (excludes halogenated alkanes) is 1. The number of anilines is 1. The van der Waals surface area contributed by atoms with E-state index in [9.17, 15) is 4.79 Å². The van der Waals surface area contributed by atoms with E-state index in [2.05, 4.69) is 16.8 Å². The zero-order chi connectivity index (χ0) is 12.8. The number of rotatable bonds is 4. The van der Waals surface area contributed by atoms with Gasteiger partial charge in [0.15, 0.2) is 5.13 Å². The Morgan fingerprint density at radius 1 is 1.39 bits per heavy atom. The van der Waals surface area contributed by atoms with Gasteiger partial charge >= 0.3 is 0 Å². The van der Waals surface area contributed by atoms with E-state index in [1.807, 2.05) is 16.5 Å². The number of nitrogens with zero attached hydrogens (tertiary/aromatic N) is 3. The molecule has 0 N–H and O–H groups in total. The molecule has 0 saturated carbocycles. The molecule has 4 nitrogen and oxygen atoms in total. The number of amides is 1. The van der Waals surface area contributed by atoms with Gasteiger partial charge in [0.1, 0.15) is 0 Å². The summed E-state index contributed by atoms with van der Waals surface area (Å²) in [5.41, 5.74) is 0. The van der Waals surface area contributed by atoms with Crippen LogP contribution in [0, 0.1) is 0 Å². The number of hydrogen-bond donors (Lipinski definition) is 0. The first kappa shape index (κ1) is 13.3. The van der Waals surface area contributed by atoms with Gasteiger partial charge in [-0.2, -0.15) is 0 Å². The van der Waals surface area contributed by atoms with Gasteiger partial charge in [-0.15, -0.1) is 11.3 Å². The van der Waals surface area contributed by atoms with Crippen LogP contribution in [0.4, 0.5) is 5.13 Å². The van der Waals surface area contributed by atoms with Crippen molar-refractivity contribution in [1.82, 2.24) is 9.88 Å². The van der Waals surface area contributed by atoms with Crippen molar-refractivity contribution < 1.29 is 4.79 Å². The van der Waals surface area contributed by atoms with Gasteiger partial charge in [0.25, 0.3) is 0 Å². The summed E-state index contributed by atoms with van der Waals surface area (Å²) in [6.07, 6.45) is 5.68. The van der Waals surface area contributed by atoms with Crippen molar-refractivity contribution in [3.63, 3.8) is 0 Å². The van der Waals surface area contributed by atoms with Crippen LogP contribution in [-0.4, -0.2) is 42.0 Å². The first-order chi connectivity index (χ1) is 8.81. The molecule has 18 heavy (non-hydrogen) atoms. The average molecular weight is 267 g/mol. The van der Waals surface area contributed by atoms with Gasteiger partial charge in [0.05, 0.1) is 0 Å². The minimum atomic E-state index is 0.317. The van der Waals surface area contributed by atoms with E-state index in [1.54, 1.807) is 11.3 Å². The van der Waals surface area contributed by atoms with Crippen LogP contribution in [0.1, 0.15) is 32.6 Å². The maximum atomic E-state index is 12.0. The van der Waals surface area contributed by atoms with E-state index in [-0.39, 0.29) is 0 Å². The molecule has 2 heterocycles. The molecule has 1 fully saturated rings. The van der Waals surface area contributed by atoms with Gasteiger partial charge in [-0.3, -0.25) is 4.79 Å². The summed E-state index contributed by atoms with van der Waals surface area (Å²) in [5.74, 6) is 0.317. The number of aromatic nitrogens is 1. The van der Waals surface area contributed by atoms with Crippen LogP contribution in [0.25, 0.3) is 0 Å². The zero-order valence-corrected chi connectivity index (χ0v) is 11.8. The highest BCUT2D eigenvalue weighted by atomic mass is 32.1. The molecule has 1 amide bonds. The van der Waals surface area contributed by atoms with Crippen molar-refractivity contribution >= 4 is 22.4 Å². The fourth-order valence-corrected chi connectivity index (χ4v) is 2.91. The fraction of sp³-hybridized carbons (Fsp3) is 0.692. The van der Waals surface area contributed by atoms with Crippen molar-refractivity contribution in [3.8, 4) is 0 Å². The lowest BCUT2D eigenvalue weighted by atomic mass is 10.2. The summed E-state index contributed by atoms with van der Waals surface area (Å²) in [6.45, 7) is 5.77. The molecule has 0 radical (unpaired) electrons. The lowest BCUT2D eigenvalue weighted by molar-refractivity contribution is -0.131. The van der Waals surface area contributed by atoms with Gasteiger partial charge < -0.3 is 9.80 Å². The SMILES string of the molecule is CCCCC(=O)N1CCCN(c2nccs2)CC1. The molecule has 1 aliphatic heterocycles. The highest BCUT2D eigenvalue weighted by Gasteiger charge is 2.19. The van der Waals surface area contributed by atoms with Crippen LogP contribution in [-0.2, 0) is 4.79 Å². The molecule has 1 aromatic heterocycles. The summed E-state index contributed by atoms with van der Waals surface area (Å²) in [7, 11) is 0. The van der Waals surface area contributed by atoms with Crippen molar-refractivity contribution in [2.24, 2.45) is 0 Å². The van der Waals surface area contributed by atoms with Gasteiger partial charge in [0, 0.05) is 44.2 Å². The molecular formula is C13H21N3OS. The third-order valence-corrected chi connectivity index (χ3v) is 4.11. The van der Waals surface area contributed by atoms with Crippen LogP contribution in [0.5, 0.6) is 0 Å². The smallest absolute Gasteiger partial charge is 0.222 e. The number of carbonyl (C=O) groups is 1. The topological polar surface area (TPSA) is 36.4 Å². The summed E-state index contributed by atoms with van der Waals surface area (Å²) < 4.78 is 0. The van der Waals surface area contributed by atoms with E-state index in [1.165, 1.54) is 0 Å². The van der Waals surface area contributed by atoms with Crippen molar-refractivity contribution in [2.45, 2.75) is 32.6 Å². The largest absolute Gasteiger partial charge is 0.346 e. The van der Waals surface area contributed by atoms with E-state index >= 15 is 0 Å². The molecule has 0 aromatic carbocycles. The number of carbonyl (C=O) groups excluding carboxylic acids is 1. The molecule has 0 aliphatic carbocycles. The fourth-order valence-electron chi connectivity index (χ4n) is 2.22. The summed E-state index contributed by atoms with van der Waals surface area (Å²) in [5, 5.41) is 3.09. The molecule has 5 heteroatoms. The second kappa shape index (κ2) is 6.73. The zero-order valence-electron chi connectivity index (χ0n) is 11.0. The minimum Gasteiger partial charge on any atom is -0.346 e. The van der Waals surface area contributed by atoms with Crippen molar-refractivity contribution in [1.29, 1.82) is 0 Å². The van der Waals surface area contributed by atoms with Crippen LogP contribution >= 0.6 is 11.3 Å². The normalized spacial score (nSPS) is 16.7. The molecular weight excluding hydrogens is 246 g/mol. The van der Waals surface area contributed by atoms with E-state index < -0.39 is 0 Å². The number of thiazole rings is 1.